The van der Waals surface area contributed by atoms with E-state index in [4.69, 9.17) is 5.73 Å². The molecule has 0 spiro atoms. The number of nitrogens with two attached hydrogens (primary N) is 1. The molecule has 2 heterocycles. The van der Waals surface area contributed by atoms with Crippen molar-refractivity contribution in [3.63, 3.8) is 0 Å². The third-order valence-corrected chi connectivity index (χ3v) is 3.86. The van der Waals surface area contributed by atoms with Crippen molar-refractivity contribution in [3.8, 4) is 0 Å². The number of rotatable bonds is 6. The summed E-state index contributed by atoms with van der Waals surface area (Å²) >= 11 is 0. The second-order valence-electron chi connectivity index (χ2n) is 4.00. The molecular formula is C11H15N5O2S. The highest BCUT2D eigenvalue weighted by molar-refractivity contribution is 7.92. The van der Waals surface area contributed by atoms with E-state index in [-0.39, 0.29) is 12.3 Å². The molecule has 0 aliphatic heterocycles. The molecule has 0 aliphatic carbocycles. The third-order valence-electron chi connectivity index (χ3n) is 2.60. The minimum Gasteiger partial charge on any atom is -0.326 e. The highest BCUT2D eigenvalue weighted by atomic mass is 32.2. The van der Waals surface area contributed by atoms with Crippen LogP contribution in [0.3, 0.4) is 0 Å². The minimum absolute atomic E-state index is 0.0138. The van der Waals surface area contributed by atoms with Crippen LogP contribution in [0.5, 0.6) is 0 Å². The number of sulfonamides is 1. The molecule has 0 atom stereocenters. The van der Waals surface area contributed by atoms with E-state index in [0.717, 1.165) is 5.56 Å². The van der Waals surface area contributed by atoms with Crippen LogP contribution in [0.1, 0.15) is 11.1 Å². The van der Waals surface area contributed by atoms with Crippen molar-refractivity contribution >= 4 is 15.8 Å². The molecule has 0 fully saturated rings. The Morgan fingerprint density at radius 1 is 1.32 bits per heavy atom. The first-order valence-corrected chi connectivity index (χ1v) is 7.37. The van der Waals surface area contributed by atoms with Crippen LogP contribution in [0.2, 0.25) is 0 Å². The monoisotopic (exact) mass is 281 g/mol. The normalized spacial score (nSPS) is 11.4. The summed E-state index contributed by atoms with van der Waals surface area (Å²) in [5.74, 6) is 0.317. The zero-order chi connectivity index (χ0) is 13.7. The standard InChI is InChI=1S/C11H15N5O2S/c12-7-10-8-14-15-11(10)16-19(17,18)6-3-9-1-4-13-5-2-9/h1-2,4-5,8H,3,6-7,12H2,(H2,14,15,16). The molecule has 0 bridgehead atoms. The molecule has 0 radical (unpaired) electrons. The predicted octanol–water partition coefficient (Wildman–Crippen LogP) is 0.248. The number of nitrogens with zero attached hydrogens (tertiary/aromatic N) is 2. The van der Waals surface area contributed by atoms with Crippen LogP contribution < -0.4 is 10.5 Å². The lowest BCUT2D eigenvalue weighted by atomic mass is 10.2. The van der Waals surface area contributed by atoms with E-state index in [1.165, 1.54) is 6.20 Å². The van der Waals surface area contributed by atoms with Crippen LogP contribution in [0, 0.1) is 0 Å². The van der Waals surface area contributed by atoms with Crippen LogP contribution in [0.4, 0.5) is 5.82 Å². The fourth-order valence-corrected chi connectivity index (χ4v) is 2.66. The van der Waals surface area contributed by atoms with E-state index in [2.05, 4.69) is 19.9 Å². The van der Waals surface area contributed by atoms with Gasteiger partial charge in [0.1, 0.15) is 5.82 Å². The van der Waals surface area contributed by atoms with E-state index >= 15 is 0 Å². The molecule has 0 saturated carbocycles. The second-order valence-corrected chi connectivity index (χ2v) is 5.84. The number of aromatic nitrogens is 3. The van der Waals surface area contributed by atoms with E-state index in [1.807, 2.05) is 0 Å². The second kappa shape index (κ2) is 5.81. The SMILES string of the molecule is NCc1cn[nH]c1NS(=O)(=O)CCc1ccncc1. The summed E-state index contributed by atoms with van der Waals surface area (Å²) in [7, 11) is -3.43. The molecule has 0 aliphatic rings. The van der Waals surface area contributed by atoms with Crippen LogP contribution in [-0.2, 0) is 23.0 Å². The number of anilines is 1. The van der Waals surface area contributed by atoms with E-state index in [1.54, 1.807) is 24.5 Å². The van der Waals surface area contributed by atoms with Gasteiger partial charge in [-0.15, -0.1) is 0 Å². The molecular weight excluding hydrogens is 266 g/mol. The summed E-state index contributed by atoms with van der Waals surface area (Å²) in [6.45, 7) is 0.221. The van der Waals surface area contributed by atoms with Gasteiger partial charge >= 0.3 is 0 Å². The first kappa shape index (κ1) is 13.5. The largest absolute Gasteiger partial charge is 0.326 e. The van der Waals surface area contributed by atoms with E-state index in [0.29, 0.717) is 17.8 Å². The predicted molar refractivity (Wildman–Crippen MR) is 71.8 cm³/mol. The molecule has 8 heteroatoms. The van der Waals surface area contributed by atoms with Gasteiger partial charge in [0.15, 0.2) is 0 Å². The van der Waals surface area contributed by atoms with Gasteiger partial charge in [0.2, 0.25) is 10.0 Å². The molecule has 2 rings (SSSR count). The fraction of sp³-hybridized carbons (Fsp3) is 0.273. The number of aromatic amines is 1. The number of hydrogen-bond acceptors (Lipinski definition) is 5. The average molecular weight is 281 g/mol. The third kappa shape index (κ3) is 3.76. The van der Waals surface area contributed by atoms with Crippen LogP contribution >= 0.6 is 0 Å². The molecule has 102 valence electrons. The summed E-state index contributed by atoms with van der Waals surface area (Å²) < 4.78 is 26.3. The molecule has 2 aromatic heterocycles. The fourth-order valence-electron chi connectivity index (χ4n) is 1.56. The topological polar surface area (TPSA) is 114 Å². The van der Waals surface area contributed by atoms with Crippen molar-refractivity contribution in [1.82, 2.24) is 15.2 Å². The number of pyridine rings is 1. The maximum Gasteiger partial charge on any atom is 0.234 e. The Kier molecular flexibility index (Phi) is 4.13. The summed E-state index contributed by atoms with van der Waals surface area (Å²) in [4.78, 5) is 3.88. The van der Waals surface area contributed by atoms with Crippen molar-refractivity contribution in [3.05, 3.63) is 41.9 Å². The molecule has 7 nitrogen and oxygen atoms in total. The maximum absolute atomic E-state index is 11.9. The zero-order valence-corrected chi connectivity index (χ0v) is 11.0. The van der Waals surface area contributed by atoms with E-state index < -0.39 is 10.0 Å². The maximum atomic E-state index is 11.9. The van der Waals surface area contributed by atoms with Crippen LogP contribution in [-0.4, -0.2) is 29.4 Å². The number of nitrogens with one attached hydrogen (secondary N) is 2. The smallest absolute Gasteiger partial charge is 0.234 e. The molecule has 0 aromatic carbocycles. The highest BCUT2D eigenvalue weighted by Crippen LogP contribution is 2.12. The zero-order valence-electron chi connectivity index (χ0n) is 10.2. The van der Waals surface area contributed by atoms with Gasteiger partial charge in [-0.2, -0.15) is 5.10 Å². The highest BCUT2D eigenvalue weighted by Gasteiger charge is 2.14. The van der Waals surface area contributed by atoms with Crippen molar-refractivity contribution in [2.24, 2.45) is 5.73 Å². The summed E-state index contributed by atoms with van der Waals surface area (Å²) in [6.07, 6.45) is 5.19. The van der Waals surface area contributed by atoms with Gasteiger partial charge in [0.05, 0.1) is 11.9 Å². The van der Waals surface area contributed by atoms with Gasteiger partial charge in [-0.3, -0.25) is 14.8 Å². The van der Waals surface area contributed by atoms with Gasteiger partial charge in [-0.25, -0.2) is 8.42 Å². The molecule has 0 unspecified atom stereocenters. The van der Waals surface area contributed by atoms with Gasteiger partial charge in [0, 0.05) is 24.5 Å². The molecule has 4 N–H and O–H groups in total. The quantitative estimate of drug-likeness (QED) is 0.702. The first-order chi connectivity index (χ1) is 9.11. The summed E-state index contributed by atoms with van der Waals surface area (Å²) in [6, 6.07) is 3.58. The Balaban J connectivity index is 1.99. The van der Waals surface area contributed by atoms with Crippen molar-refractivity contribution in [2.45, 2.75) is 13.0 Å². The van der Waals surface area contributed by atoms with E-state index in [9.17, 15) is 8.42 Å². The Hall–Kier alpha value is -1.93. The van der Waals surface area contributed by atoms with Crippen LogP contribution in [0.25, 0.3) is 0 Å². The van der Waals surface area contributed by atoms with Gasteiger partial charge in [0.25, 0.3) is 0 Å². The Morgan fingerprint density at radius 2 is 2.05 bits per heavy atom. The Labute approximate surface area is 111 Å². The molecule has 2 aromatic rings. The van der Waals surface area contributed by atoms with Gasteiger partial charge < -0.3 is 5.73 Å². The number of H-pyrrole nitrogens is 1. The van der Waals surface area contributed by atoms with Crippen molar-refractivity contribution < 1.29 is 8.42 Å². The lowest BCUT2D eigenvalue weighted by Crippen LogP contribution is -2.19. The summed E-state index contributed by atoms with van der Waals surface area (Å²) in [5, 5.41) is 6.34. The minimum atomic E-state index is -3.43. The van der Waals surface area contributed by atoms with Crippen molar-refractivity contribution in [1.29, 1.82) is 0 Å². The van der Waals surface area contributed by atoms with Gasteiger partial charge in [-0.05, 0) is 24.1 Å². The van der Waals surface area contributed by atoms with Crippen molar-refractivity contribution in [2.75, 3.05) is 10.5 Å². The lowest BCUT2D eigenvalue weighted by molar-refractivity contribution is 0.600. The molecule has 0 saturated heterocycles. The number of hydrogen-bond donors (Lipinski definition) is 3. The number of aryl methyl sites for hydroxylation is 1. The Bertz CT molecular complexity index is 624. The molecule has 0 amide bonds. The molecule has 19 heavy (non-hydrogen) atoms. The average Bonchev–Trinajstić information content (AvgIpc) is 2.84. The first-order valence-electron chi connectivity index (χ1n) is 5.72. The van der Waals surface area contributed by atoms with Crippen LogP contribution in [0.15, 0.2) is 30.7 Å². The lowest BCUT2D eigenvalue weighted by Gasteiger charge is -2.07. The summed E-state index contributed by atoms with van der Waals surface area (Å²) in [5.41, 5.74) is 7.03. The Morgan fingerprint density at radius 3 is 2.74 bits per heavy atom. The van der Waals surface area contributed by atoms with Gasteiger partial charge in [-0.1, -0.05) is 0 Å².